The molecular weight excluding hydrogens is 255 g/mol. The summed E-state index contributed by atoms with van der Waals surface area (Å²) in [4.78, 5) is 10.7. The van der Waals surface area contributed by atoms with Crippen molar-refractivity contribution in [1.29, 1.82) is 0 Å². The van der Waals surface area contributed by atoms with E-state index in [4.69, 9.17) is 16.7 Å². The third-order valence-corrected chi connectivity index (χ3v) is 2.63. The van der Waals surface area contributed by atoms with Crippen LogP contribution in [0.15, 0.2) is 16.6 Å². The van der Waals surface area contributed by atoms with E-state index in [1.54, 1.807) is 0 Å². The van der Waals surface area contributed by atoms with Crippen molar-refractivity contribution in [2.24, 2.45) is 0 Å². The first kappa shape index (κ1) is 10.5. The van der Waals surface area contributed by atoms with Crippen molar-refractivity contribution in [2.75, 3.05) is 0 Å². The van der Waals surface area contributed by atoms with Gasteiger partial charge in [0, 0.05) is 4.47 Å². The largest absolute Gasteiger partial charge is 0.478 e. The minimum Gasteiger partial charge on any atom is -0.478 e. The molecule has 13 heavy (non-hydrogen) atoms. The van der Waals surface area contributed by atoms with Crippen LogP contribution in [0.25, 0.3) is 0 Å². The fraction of sp³-hybridized carbons (Fsp3) is 0.222. The molecule has 1 N–H and O–H groups in total. The summed E-state index contributed by atoms with van der Waals surface area (Å²) in [6.07, 6.45) is 0.721. The average Bonchev–Trinajstić information content (AvgIpc) is 2.08. The Kier molecular flexibility index (Phi) is 3.33. The van der Waals surface area contributed by atoms with Crippen LogP contribution < -0.4 is 0 Å². The van der Waals surface area contributed by atoms with E-state index in [1.165, 1.54) is 6.07 Å². The van der Waals surface area contributed by atoms with Crippen LogP contribution in [0, 0.1) is 0 Å². The number of rotatable bonds is 2. The maximum absolute atomic E-state index is 10.7. The highest BCUT2D eigenvalue weighted by atomic mass is 79.9. The summed E-state index contributed by atoms with van der Waals surface area (Å²) in [5.41, 5.74) is 0.987. The van der Waals surface area contributed by atoms with Crippen LogP contribution in [0.1, 0.15) is 22.8 Å². The van der Waals surface area contributed by atoms with Crippen LogP contribution in [0.3, 0.4) is 0 Å². The number of carboxylic acid groups (broad SMARTS) is 1. The number of carbonyl (C=O) groups is 1. The van der Waals surface area contributed by atoms with Gasteiger partial charge in [-0.1, -0.05) is 34.5 Å². The Hall–Kier alpha value is -0.540. The molecule has 0 aliphatic rings. The smallest absolute Gasteiger partial charge is 0.337 e. The van der Waals surface area contributed by atoms with Gasteiger partial charge >= 0.3 is 5.97 Å². The molecule has 4 heteroatoms. The molecule has 0 fully saturated rings. The predicted octanol–water partition coefficient (Wildman–Crippen LogP) is 3.36. The van der Waals surface area contributed by atoms with Gasteiger partial charge in [-0.25, -0.2) is 4.79 Å². The van der Waals surface area contributed by atoms with Crippen molar-refractivity contribution < 1.29 is 9.90 Å². The zero-order valence-corrected chi connectivity index (χ0v) is 9.32. The Balaban J connectivity index is 3.35. The monoisotopic (exact) mass is 262 g/mol. The lowest BCUT2D eigenvalue weighted by atomic mass is 10.1. The second kappa shape index (κ2) is 4.11. The molecule has 1 aromatic rings. The van der Waals surface area contributed by atoms with Gasteiger partial charge in [-0.2, -0.15) is 0 Å². The molecule has 0 heterocycles. The number of benzene rings is 1. The van der Waals surface area contributed by atoms with E-state index in [-0.39, 0.29) is 5.56 Å². The highest BCUT2D eigenvalue weighted by Crippen LogP contribution is 2.26. The van der Waals surface area contributed by atoms with Crippen molar-refractivity contribution in [3.63, 3.8) is 0 Å². The molecule has 0 bridgehead atoms. The fourth-order valence-corrected chi connectivity index (χ4v) is 1.89. The molecular formula is C9H8BrClO2. The molecule has 0 aliphatic carbocycles. The number of carboxylic acids is 1. The third-order valence-electron chi connectivity index (χ3n) is 1.72. The van der Waals surface area contributed by atoms with Gasteiger partial charge in [0.15, 0.2) is 0 Å². The zero-order chi connectivity index (χ0) is 10.0. The van der Waals surface area contributed by atoms with Gasteiger partial charge in [-0.15, -0.1) is 0 Å². The van der Waals surface area contributed by atoms with Gasteiger partial charge in [0.2, 0.25) is 0 Å². The lowest BCUT2D eigenvalue weighted by Crippen LogP contribution is -1.99. The van der Waals surface area contributed by atoms with E-state index in [1.807, 2.05) is 13.0 Å². The second-order valence-electron chi connectivity index (χ2n) is 2.59. The van der Waals surface area contributed by atoms with Crippen molar-refractivity contribution in [3.05, 3.63) is 32.8 Å². The quantitative estimate of drug-likeness (QED) is 0.888. The Labute approximate surface area is 89.7 Å². The zero-order valence-electron chi connectivity index (χ0n) is 6.97. The summed E-state index contributed by atoms with van der Waals surface area (Å²) < 4.78 is 0.742. The summed E-state index contributed by atoms with van der Waals surface area (Å²) in [5, 5.41) is 9.14. The Morgan fingerprint density at radius 3 is 2.69 bits per heavy atom. The van der Waals surface area contributed by atoms with Crippen molar-refractivity contribution in [2.45, 2.75) is 13.3 Å². The van der Waals surface area contributed by atoms with E-state index in [0.717, 1.165) is 16.5 Å². The van der Waals surface area contributed by atoms with Crippen molar-refractivity contribution >= 4 is 33.5 Å². The van der Waals surface area contributed by atoms with E-state index in [0.29, 0.717) is 5.02 Å². The number of aryl methyl sites for hydroxylation is 1. The molecule has 0 atom stereocenters. The maximum atomic E-state index is 10.7. The average molecular weight is 264 g/mol. The van der Waals surface area contributed by atoms with Gasteiger partial charge in [-0.05, 0) is 24.1 Å². The molecule has 0 aromatic heterocycles. The van der Waals surface area contributed by atoms with Crippen LogP contribution in [0.4, 0.5) is 0 Å². The number of hydrogen-bond acceptors (Lipinski definition) is 1. The van der Waals surface area contributed by atoms with Gasteiger partial charge < -0.3 is 5.11 Å². The fourth-order valence-electron chi connectivity index (χ4n) is 1.06. The van der Waals surface area contributed by atoms with E-state index in [9.17, 15) is 4.79 Å². The van der Waals surface area contributed by atoms with E-state index < -0.39 is 5.97 Å². The number of aromatic carboxylic acids is 1. The first-order valence-electron chi connectivity index (χ1n) is 3.77. The molecule has 0 saturated carbocycles. The molecule has 0 unspecified atom stereocenters. The van der Waals surface area contributed by atoms with Gasteiger partial charge in [0.1, 0.15) is 0 Å². The second-order valence-corrected chi connectivity index (χ2v) is 3.88. The van der Waals surface area contributed by atoms with Crippen LogP contribution in [0.5, 0.6) is 0 Å². The molecule has 0 spiro atoms. The minimum absolute atomic E-state index is 0.146. The molecule has 1 aromatic carbocycles. The topological polar surface area (TPSA) is 37.3 Å². The Morgan fingerprint density at radius 2 is 2.23 bits per heavy atom. The maximum Gasteiger partial charge on any atom is 0.337 e. The molecule has 2 nitrogen and oxygen atoms in total. The van der Waals surface area contributed by atoms with Crippen LogP contribution in [0.2, 0.25) is 5.02 Å². The molecule has 0 radical (unpaired) electrons. The van der Waals surface area contributed by atoms with E-state index >= 15 is 0 Å². The molecule has 70 valence electrons. The summed E-state index contributed by atoms with van der Waals surface area (Å²) in [6.45, 7) is 1.93. The van der Waals surface area contributed by atoms with Gasteiger partial charge in [-0.3, -0.25) is 0 Å². The van der Waals surface area contributed by atoms with Gasteiger partial charge in [0.25, 0.3) is 0 Å². The SMILES string of the molecule is CCc1cc(Br)cc(C(=O)O)c1Cl. The lowest BCUT2D eigenvalue weighted by Gasteiger charge is -2.05. The normalized spacial score (nSPS) is 10.1. The van der Waals surface area contributed by atoms with Crippen LogP contribution in [-0.4, -0.2) is 11.1 Å². The van der Waals surface area contributed by atoms with Crippen molar-refractivity contribution in [1.82, 2.24) is 0 Å². The number of halogens is 2. The third kappa shape index (κ3) is 2.23. The Morgan fingerprint density at radius 1 is 1.62 bits per heavy atom. The summed E-state index contributed by atoms with van der Waals surface area (Å²) in [6, 6.07) is 3.33. The molecule has 0 saturated heterocycles. The number of hydrogen-bond donors (Lipinski definition) is 1. The summed E-state index contributed by atoms with van der Waals surface area (Å²) >= 11 is 9.11. The Bertz CT molecular complexity index is 350. The predicted molar refractivity (Wildman–Crippen MR) is 55.5 cm³/mol. The molecule has 0 aliphatic heterocycles. The first-order valence-corrected chi connectivity index (χ1v) is 4.94. The van der Waals surface area contributed by atoms with Crippen molar-refractivity contribution in [3.8, 4) is 0 Å². The highest BCUT2D eigenvalue weighted by molar-refractivity contribution is 9.10. The van der Waals surface area contributed by atoms with Gasteiger partial charge in [0.05, 0.1) is 10.6 Å². The van der Waals surface area contributed by atoms with E-state index in [2.05, 4.69) is 15.9 Å². The van der Waals surface area contributed by atoms with Crippen LogP contribution >= 0.6 is 27.5 Å². The first-order chi connectivity index (χ1) is 6.06. The standard InChI is InChI=1S/C9H8BrClO2/c1-2-5-3-6(10)4-7(8(5)11)9(12)13/h3-4H,2H2,1H3,(H,12,13). The summed E-state index contributed by atoms with van der Waals surface area (Å²) in [7, 11) is 0. The molecule has 1 rings (SSSR count). The van der Waals surface area contributed by atoms with Crippen LogP contribution in [-0.2, 0) is 6.42 Å². The molecule has 0 amide bonds. The summed E-state index contributed by atoms with van der Waals surface area (Å²) in [5.74, 6) is -0.999. The highest BCUT2D eigenvalue weighted by Gasteiger charge is 2.12. The lowest BCUT2D eigenvalue weighted by molar-refractivity contribution is 0.0697. The minimum atomic E-state index is -0.999.